The van der Waals surface area contributed by atoms with Crippen molar-refractivity contribution in [3.8, 4) is 0 Å². The molecule has 2 N–H and O–H groups in total. The molecule has 0 bridgehead atoms. The van der Waals surface area contributed by atoms with Crippen LogP contribution in [0.25, 0.3) is 0 Å². The van der Waals surface area contributed by atoms with Crippen molar-refractivity contribution in [1.82, 2.24) is 9.97 Å². The summed E-state index contributed by atoms with van der Waals surface area (Å²) in [6.45, 7) is 3.61. The van der Waals surface area contributed by atoms with Gasteiger partial charge in [0, 0.05) is 17.8 Å². The summed E-state index contributed by atoms with van der Waals surface area (Å²) >= 11 is 1.86. The van der Waals surface area contributed by atoms with Crippen LogP contribution < -0.4 is 10.6 Å². The van der Waals surface area contributed by atoms with Crippen molar-refractivity contribution in [2.45, 2.75) is 37.4 Å². The van der Waals surface area contributed by atoms with Crippen LogP contribution in [0.3, 0.4) is 0 Å². The van der Waals surface area contributed by atoms with Gasteiger partial charge in [-0.2, -0.15) is 16.7 Å². The third-order valence-corrected chi connectivity index (χ3v) is 4.97. The zero-order valence-electron chi connectivity index (χ0n) is 11.5. The first-order valence-corrected chi connectivity index (χ1v) is 7.97. The molecule has 0 aliphatic heterocycles. The van der Waals surface area contributed by atoms with Crippen molar-refractivity contribution in [2.75, 3.05) is 30.0 Å². The molecule has 1 aromatic heterocycles. The van der Waals surface area contributed by atoms with E-state index in [1.807, 2.05) is 11.8 Å². The first-order valence-electron chi connectivity index (χ1n) is 6.74. The zero-order valence-corrected chi connectivity index (χ0v) is 12.3. The molecule has 4 nitrogen and oxygen atoms in total. The maximum Gasteiger partial charge on any atom is 0.224 e. The van der Waals surface area contributed by atoms with E-state index in [9.17, 15) is 4.39 Å². The van der Waals surface area contributed by atoms with Gasteiger partial charge in [-0.3, -0.25) is 0 Å². The Morgan fingerprint density at radius 2 is 2.21 bits per heavy atom. The summed E-state index contributed by atoms with van der Waals surface area (Å²) in [4.78, 5) is 8.12. The van der Waals surface area contributed by atoms with Crippen molar-refractivity contribution in [3.63, 3.8) is 0 Å². The Balaban J connectivity index is 1.98. The largest absolute Gasteiger partial charge is 0.366 e. The highest BCUT2D eigenvalue weighted by Crippen LogP contribution is 2.42. The fourth-order valence-electron chi connectivity index (χ4n) is 2.08. The molecule has 0 radical (unpaired) electrons. The molecule has 0 spiro atoms. The summed E-state index contributed by atoms with van der Waals surface area (Å²) in [5.74, 6) is 0.393. The maximum absolute atomic E-state index is 13.7. The Morgan fingerprint density at radius 1 is 1.42 bits per heavy atom. The number of rotatable bonds is 7. The SMILES string of the molecule is CCCNc1ncc(F)c(NCC2(SC)CCC2)n1. The first-order chi connectivity index (χ1) is 9.19. The van der Waals surface area contributed by atoms with Gasteiger partial charge in [-0.25, -0.2) is 9.37 Å². The number of hydrogen-bond acceptors (Lipinski definition) is 5. The average molecular weight is 284 g/mol. The van der Waals surface area contributed by atoms with Gasteiger partial charge in [0.25, 0.3) is 0 Å². The van der Waals surface area contributed by atoms with E-state index in [1.165, 1.54) is 25.5 Å². The van der Waals surface area contributed by atoms with Crippen molar-refractivity contribution in [1.29, 1.82) is 0 Å². The Hall–Kier alpha value is -1.04. The molecule has 1 fully saturated rings. The number of nitrogens with zero attached hydrogens (tertiary/aromatic N) is 2. The number of hydrogen-bond donors (Lipinski definition) is 2. The molecule has 106 valence electrons. The molecule has 2 rings (SSSR count). The van der Waals surface area contributed by atoms with Gasteiger partial charge in [0.1, 0.15) is 0 Å². The van der Waals surface area contributed by atoms with Gasteiger partial charge in [-0.1, -0.05) is 13.3 Å². The quantitative estimate of drug-likeness (QED) is 0.805. The molecule has 1 aliphatic carbocycles. The average Bonchev–Trinajstić information content (AvgIpc) is 2.38. The number of halogens is 1. The molecule has 1 heterocycles. The van der Waals surface area contributed by atoms with E-state index in [2.05, 4.69) is 33.8 Å². The van der Waals surface area contributed by atoms with E-state index in [4.69, 9.17) is 0 Å². The number of nitrogens with one attached hydrogen (secondary N) is 2. The summed E-state index contributed by atoms with van der Waals surface area (Å²) in [7, 11) is 0. The smallest absolute Gasteiger partial charge is 0.224 e. The summed E-state index contributed by atoms with van der Waals surface area (Å²) in [5, 5.41) is 6.20. The molecule has 0 amide bonds. The minimum absolute atomic E-state index is 0.258. The van der Waals surface area contributed by atoms with E-state index in [0.717, 1.165) is 19.5 Å². The van der Waals surface area contributed by atoms with Crippen LogP contribution in [-0.4, -0.2) is 34.1 Å². The summed E-state index contributed by atoms with van der Waals surface area (Å²) in [5.41, 5.74) is 0. The lowest BCUT2D eigenvalue weighted by Gasteiger charge is -2.40. The summed E-state index contributed by atoms with van der Waals surface area (Å²) in [6.07, 6.45) is 7.96. The lowest BCUT2D eigenvalue weighted by atomic mass is 9.84. The zero-order chi connectivity index (χ0) is 13.7. The predicted octanol–water partition coefficient (Wildman–Crippen LogP) is 3.14. The number of aromatic nitrogens is 2. The van der Waals surface area contributed by atoms with Crippen LogP contribution in [0.5, 0.6) is 0 Å². The third kappa shape index (κ3) is 3.49. The van der Waals surface area contributed by atoms with Crippen LogP contribution in [0.1, 0.15) is 32.6 Å². The highest BCUT2D eigenvalue weighted by Gasteiger charge is 2.36. The van der Waals surface area contributed by atoms with E-state index in [1.54, 1.807) is 0 Å². The fourth-order valence-corrected chi connectivity index (χ4v) is 3.00. The lowest BCUT2D eigenvalue weighted by molar-refractivity contribution is 0.379. The second-order valence-corrected chi connectivity index (χ2v) is 6.19. The molecular formula is C13H21FN4S. The van der Waals surface area contributed by atoms with Crippen LogP contribution in [0.15, 0.2) is 6.20 Å². The van der Waals surface area contributed by atoms with Gasteiger partial charge in [0.2, 0.25) is 5.95 Å². The number of thioether (sulfide) groups is 1. The van der Waals surface area contributed by atoms with Crippen LogP contribution in [-0.2, 0) is 0 Å². The monoisotopic (exact) mass is 284 g/mol. The van der Waals surface area contributed by atoms with Gasteiger partial charge in [0.15, 0.2) is 11.6 Å². The molecule has 19 heavy (non-hydrogen) atoms. The minimum atomic E-state index is -0.391. The van der Waals surface area contributed by atoms with E-state index in [0.29, 0.717) is 11.8 Å². The predicted molar refractivity (Wildman–Crippen MR) is 79.4 cm³/mol. The maximum atomic E-state index is 13.7. The van der Waals surface area contributed by atoms with Gasteiger partial charge < -0.3 is 10.6 Å². The third-order valence-electron chi connectivity index (χ3n) is 3.55. The van der Waals surface area contributed by atoms with Crippen LogP contribution in [0.4, 0.5) is 16.2 Å². The Kier molecular flexibility index (Phi) is 4.85. The van der Waals surface area contributed by atoms with Gasteiger partial charge in [0.05, 0.1) is 6.20 Å². The van der Waals surface area contributed by atoms with Crippen LogP contribution in [0.2, 0.25) is 0 Å². The summed E-state index contributed by atoms with van der Waals surface area (Å²) in [6, 6.07) is 0. The molecule has 0 aromatic carbocycles. The van der Waals surface area contributed by atoms with E-state index < -0.39 is 5.82 Å². The normalized spacial score (nSPS) is 16.8. The molecule has 0 unspecified atom stereocenters. The highest BCUT2D eigenvalue weighted by atomic mass is 32.2. The van der Waals surface area contributed by atoms with Crippen molar-refractivity contribution >= 4 is 23.5 Å². The van der Waals surface area contributed by atoms with Crippen LogP contribution >= 0.6 is 11.8 Å². The van der Waals surface area contributed by atoms with Gasteiger partial charge in [-0.05, 0) is 25.5 Å². The van der Waals surface area contributed by atoms with E-state index >= 15 is 0 Å². The van der Waals surface area contributed by atoms with E-state index in [-0.39, 0.29) is 4.75 Å². The Morgan fingerprint density at radius 3 is 2.79 bits per heavy atom. The van der Waals surface area contributed by atoms with Crippen LogP contribution in [0, 0.1) is 5.82 Å². The number of anilines is 2. The Bertz CT molecular complexity index is 418. The van der Waals surface area contributed by atoms with Gasteiger partial charge in [-0.15, -0.1) is 0 Å². The van der Waals surface area contributed by atoms with Crippen molar-refractivity contribution < 1.29 is 4.39 Å². The minimum Gasteiger partial charge on any atom is -0.366 e. The lowest BCUT2D eigenvalue weighted by Crippen LogP contribution is -2.40. The molecule has 1 aliphatic rings. The molecule has 1 saturated carbocycles. The second-order valence-electron chi connectivity index (χ2n) is 4.91. The topological polar surface area (TPSA) is 49.8 Å². The summed E-state index contributed by atoms with van der Waals surface area (Å²) < 4.78 is 13.9. The Labute approximate surface area is 118 Å². The molecule has 1 aromatic rings. The van der Waals surface area contributed by atoms with Crippen molar-refractivity contribution in [3.05, 3.63) is 12.0 Å². The first kappa shape index (κ1) is 14.4. The second kappa shape index (κ2) is 6.41. The highest BCUT2D eigenvalue weighted by molar-refractivity contribution is 8.00. The fraction of sp³-hybridized carbons (Fsp3) is 0.692. The van der Waals surface area contributed by atoms with Gasteiger partial charge >= 0.3 is 0 Å². The standard InChI is InChI=1S/C13H21FN4S/c1-3-7-15-12-16-8-10(14)11(18-12)17-9-13(19-2)5-4-6-13/h8H,3-7,9H2,1-2H3,(H2,15,16,17,18). The molecular weight excluding hydrogens is 263 g/mol. The molecule has 0 atom stereocenters. The van der Waals surface area contributed by atoms with Crippen molar-refractivity contribution in [2.24, 2.45) is 0 Å². The molecule has 6 heteroatoms. The molecule has 0 saturated heterocycles.